The van der Waals surface area contributed by atoms with Crippen LogP contribution in [0.5, 0.6) is 0 Å². The number of aromatic nitrogens is 1. The lowest BCUT2D eigenvalue weighted by Crippen LogP contribution is -2.38. The molecular formula is C23H24N4O3S. The molecule has 0 saturated carbocycles. The van der Waals surface area contributed by atoms with Crippen molar-refractivity contribution in [1.29, 1.82) is 0 Å². The van der Waals surface area contributed by atoms with Crippen LogP contribution in [0, 0.1) is 0 Å². The van der Waals surface area contributed by atoms with Gasteiger partial charge >= 0.3 is 6.03 Å². The molecule has 7 nitrogen and oxygen atoms in total. The number of furan rings is 1. The average Bonchev–Trinajstić information content (AvgIpc) is 3.31. The summed E-state index contributed by atoms with van der Waals surface area (Å²) in [5.74, 6) is 1.72. The Balaban J connectivity index is 1.24. The maximum atomic E-state index is 12.7. The molecule has 1 aromatic carbocycles. The van der Waals surface area contributed by atoms with Crippen LogP contribution in [0.4, 0.5) is 16.2 Å². The molecule has 0 fully saturated rings. The van der Waals surface area contributed by atoms with E-state index in [0.29, 0.717) is 25.2 Å². The van der Waals surface area contributed by atoms with Gasteiger partial charge in [-0.15, -0.1) is 11.8 Å². The molecule has 2 aromatic heterocycles. The first kappa shape index (κ1) is 21.0. The van der Waals surface area contributed by atoms with E-state index in [2.05, 4.69) is 15.6 Å². The Hall–Kier alpha value is -3.26. The van der Waals surface area contributed by atoms with Crippen molar-refractivity contribution in [2.45, 2.75) is 24.3 Å². The van der Waals surface area contributed by atoms with Gasteiger partial charge in [-0.3, -0.25) is 9.69 Å². The summed E-state index contributed by atoms with van der Waals surface area (Å²) in [7, 11) is 0. The molecule has 3 amide bonds. The number of pyridine rings is 1. The third kappa shape index (κ3) is 5.67. The highest BCUT2D eigenvalue weighted by Gasteiger charge is 2.23. The Labute approximate surface area is 185 Å². The highest BCUT2D eigenvalue weighted by Crippen LogP contribution is 2.32. The predicted octanol–water partition coefficient (Wildman–Crippen LogP) is 4.11. The molecule has 1 aliphatic rings. The molecule has 160 valence electrons. The van der Waals surface area contributed by atoms with E-state index in [1.807, 2.05) is 48.5 Å². The molecule has 1 aliphatic heterocycles. The minimum Gasteiger partial charge on any atom is -0.469 e. The summed E-state index contributed by atoms with van der Waals surface area (Å²) in [6, 6.07) is 14.7. The van der Waals surface area contributed by atoms with Crippen molar-refractivity contribution < 1.29 is 14.0 Å². The Morgan fingerprint density at radius 3 is 2.81 bits per heavy atom. The lowest BCUT2D eigenvalue weighted by atomic mass is 10.1. The number of carbonyl (C=O) groups excluding carboxylic acids is 2. The molecule has 8 heteroatoms. The van der Waals surface area contributed by atoms with Crippen molar-refractivity contribution in [1.82, 2.24) is 10.3 Å². The number of carbonyl (C=O) groups is 2. The number of anilines is 2. The van der Waals surface area contributed by atoms with E-state index in [1.165, 1.54) is 0 Å². The first-order valence-corrected chi connectivity index (χ1v) is 11.2. The number of urea groups is 1. The van der Waals surface area contributed by atoms with Crippen molar-refractivity contribution in [3.8, 4) is 0 Å². The molecular weight excluding hydrogens is 412 g/mol. The second-order valence-corrected chi connectivity index (χ2v) is 8.25. The maximum Gasteiger partial charge on any atom is 0.326 e. The maximum absolute atomic E-state index is 12.7. The van der Waals surface area contributed by atoms with E-state index in [0.717, 1.165) is 40.6 Å². The van der Waals surface area contributed by atoms with Gasteiger partial charge in [-0.1, -0.05) is 12.1 Å². The fraction of sp³-hybridized carbons (Fsp3) is 0.261. The third-order valence-electron chi connectivity index (χ3n) is 4.91. The molecule has 3 aromatic rings. The minimum atomic E-state index is -0.184. The zero-order valence-corrected chi connectivity index (χ0v) is 17.9. The fourth-order valence-corrected chi connectivity index (χ4v) is 4.28. The number of hydrogen-bond donors (Lipinski definition) is 2. The van der Waals surface area contributed by atoms with Crippen molar-refractivity contribution in [3.05, 3.63) is 72.3 Å². The van der Waals surface area contributed by atoms with Gasteiger partial charge in [0.1, 0.15) is 10.8 Å². The number of amides is 3. The molecule has 0 saturated heterocycles. The van der Waals surface area contributed by atoms with Crippen LogP contribution >= 0.6 is 11.8 Å². The van der Waals surface area contributed by atoms with E-state index in [9.17, 15) is 9.59 Å². The SMILES string of the molecule is O=C(Cc1ccc(NC(=O)N2CCSc3ncccc32)cc1)NCCCc1ccco1. The Kier molecular flexibility index (Phi) is 6.89. The Morgan fingerprint density at radius 1 is 1.13 bits per heavy atom. The lowest BCUT2D eigenvalue weighted by molar-refractivity contribution is -0.120. The average molecular weight is 437 g/mol. The van der Waals surface area contributed by atoms with E-state index in [4.69, 9.17) is 4.42 Å². The zero-order valence-electron chi connectivity index (χ0n) is 17.0. The van der Waals surface area contributed by atoms with Crippen LogP contribution in [0.1, 0.15) is 17.7 Å². The van der Waals surface area contributed by atoms with Gasteiger partial charge in [0, 0.05) is 37.1 Å². The number of hydrogen-bond acceptors (Lipinski definition) is 5. The van der Waals surface area contributed by atoms with Gasteiger partial charge in [0.25, 0.3) is 0 Å². The van der Waals surface area contributed by atoms with E-state index >= 15 is 0 Å². The summed E-state index contributed by atoms with van der Waals surface area (Å²) in [5.41, 5.74) is 2.42. The third-order valence-corrected chi connectivity index (χ3v) is 5.89. The normalized spacial score (nSPS) is 12.8. The summed E-state index contributed by atoms with van der Waals surface area (Å²) in [5, 5.41) is 6.73. The highest BCUT2D eigenvalue weighted by molar-refractivity contribution is 7.99. The first-order chi connectivity index (χ1) is 15.2. The number of aryl methyl sites for hydroxylation is 1. The van der Waals surface area contributed by atoms with Crippen LogP contribution in [0.2, 0.25) is 0 Å². The van der Waals surface area contributed by atoms with Crippen molar-refractivity contribution in [2.75, 3.05) is 29.1 Å². The summed E-state index contributed by atoms with van der Waals surface area (Å²) in [6.07, 6.45) is 5.33. The Morgan fingerprint density at radius 2 is 2.00 bits per heavy atom. The fourth-order valence-electron chi connectivity index (χ4n) is 3.35. The van der Waals surface area contributed by atoms with Gasteiger partial charge in [-0.25, -0.2) is 9.78 Å². The largest absolute Gasteiger partial charge is 0.469 e. The summed E-state index contributed by atoms with van der Waals surface area (Å²) >= 11 is 1.65. The van der Waals surface area contributed by atoms with Gasteiger partial charge in [-0.05, 0) is 48.4 Å². The van der Waals surface area contributed by atoms with Gasteiger partial charge in [0.05, 0.1) is 18.4 Å². The number of nitrogens with one attached hydrogen (secondary N) is 2. The van der Waals surface area contributed by atoms with Gasteiger partial charge in [0.15, 0.2) is 0 Å². The van der Waals surface area contributed by atoms with Crippen molar-refractivity contribution >= 4 is 35.1 Å². The molecule has 0 bridgehead atoms. The molecule has 0 unspecified atom stereocenters. The Bertz CT molecular complexity index is 1020. The zero-order chi connectivity index (χ0) is 21.5. The number of nitrogens with zero attached hydrogens (tertiary/aromatic N) is 2. The van der Waals surface area contributed by atoms with Crippen molar-refractivity contribution in [2.24, 2.45) is 0 Å². The lowest BCUT2D eigenvalue weighted by Gasteiger charge is -2.28. The van der Waals surface area contributed by atoms with Crippen LogP contribution in [-0.2, 0) is 17.6 Å². The van der Waals surface area contributed by atoms with E-state index < -0.39 is 0 Å². The molecule has 0 atom stereocenters. The number of benzene rings is 1. The second-order valence-electron chi connectivity index (χ2n) is 7.16. The molecule has 0 spiro atoms. The van der Waals surface area contributed by atoms with Gasteiger partial charge in [0.2, 0.25) is 5.91 Å². The van der Waals surface area contributed by atoms with E-state index in [-0.39, 0.29) is 11.9 Å². The quantitative estimate of drug-likeness (QED) is 0.544. The van der Waals surface area contributed by atoms with Gasteiger partial charge in [-0.2, -0.15) is 0 Å². The topological polar surface area (TPSA) is 87.5 Å². The smallest absolute Gasteiger partial charge is 0.326 e. The standard InChI is InChI=1S/C23H24N4O3S/c28-21(24-11-1-4-19-5-3-14-30-19)16-17-7-9-18(10-8-17)26-23(29)27-13-15-31-22-20(27)6-2-12-25-22/h2-3,5-10,12,14H,1,4,11,13,15-16H2,(H,24,28)(H,26,29). The molecule has 0 radical (unpaired) electrons. The molecule has 3 heterocycles. The highest BCUT2D eigenvalue weighted by atomic mass is 32.2. The predicted molar refractivity (Wildman–Crippen MR) is 122 cm³/mol. The molecule has 2 N–H and O–H groups in total. The number of fused-ring (bicyclic) bond motifs is 1. The van der Waals surface area contributed by atoms with E-state index in [1.54, 1.807) is 29.1 Å². The van der Waals surface area contributed by atoms with Crippen LogP contribution in [0.15, 0.2) is 70.4 Å². The van der Waals surface area contributed by atoms with Crippen molar-refractivity contribution in [3.63, 3.8) is 0 Å². The summed E-state index contributed by atoms with van der Waals surface area (Å²) in [6.45, 7) is 1.24. The van der Waals surface area contributed by atoms with Crippen LogP contribution in [-0.4, -0.2) is 35.8 Å². The molecule has 31 heavy (non-hydrogen) atoms. The molecule has 4 rings (SSSR count). The number of thioether (sulfide) groups is 1. The summed E-state index contributed by atoms with van der Waals surface area (Å²) in [4.78, 5) is 30.9. The monoisotopic (exact) mass is 436 g/mol. The van der Waals surface area contributed by atoms with Crippen LogP contribution in [0.3, 0.4) is 0 Å². The first-order valence-electron chi connectivity index (χ1n) is 10.2. The second kappa shape index (κ2) is 10.2. The summed E-state index contributed by atoms with van der Waals surface area (Å²) < 4.78 is 5.28. The van der Waals surface area contributed by atoms with Crippen LogP contribution in [0.25, 0.3) is 0 Å². The molecule has 0 aliphatic carbocycles. The van der Waals surface area contributed by atoms with Gasteiger partial charge < -0.3 is 15.1 Å². The minimum absolute atomic E-state index is 0.0221. The number of rotatable bonds is 7. The van der Waals surface area contributed by atoms with Crippen LogP contribution < -0.4 is 15.5 Å².